The highest BCUT2D eigenvalue weighted by Crippen LogP contribution is 2.43. The summed E-state index contributed by atoms with van der Waals surface area (Å²) in [5.74, 6) is 2.62. The molecule has 4 rings (SSSR count). The Morgan fingerprint density at radius 2 is 1.58 bits per heavy atom. The van der Waals surface area contributed by atoms with E-state index in [-0.39, 0.29) is 11.5 Å². The van der Waals surface area contributed by atoms with Gasteiger partial charge in [-0.25, -0.2) is 0 Å². The van der Waals surface area contributed by atoms with Crippen LogP contribution in [0.15, 0.2) is 54.3 Å². The van der Waals surface area contributed by atoms with Gasteiger partial charge in [-0.1, -0.05) is 24.3 Å². The molecule has 0 amide bonds. The van der Waals surface area contributed by atoms with Crippen LogP contribution in [-0.4, -0.2) is 27.1 Å². The molecule has 3 aromatic carbocycles. The molecule has 6 nitrogen and oxygen atoms in total. The van der Waals surface area contributed by atoms with Gasteiger partial charge in [-0.2, -0.15) is 0 Å². The van der Waals surface area contributed by atoms with E-state index in [4.69, 9.17) is 23.7 Å². The normalized spacial score (nSPS) is 13.5. The Hall–Kier alpha value is -3.93. The van der Waals surface area contributed by atoms with Gasteiger partial charge in [-0.05, 0) is 55.3 Å². The van der Waals surface area contributed by atoms with Crippen LogP contribution in [0.3, 0.4) is 0 Å². The molecule has 1 aliphatic rings. The molecule has 0 saturated carbocycles. The third-order valence-electron chi connectivity index (χ3n) is 5.70. The van der Waals surface area contributed by atoms with Crippen molar-refractivity contribution in [2.45, 2.75) is 20.5 Å². The fourth-order valence-corrected chi connectivity index (χ4v) is 3.83. The summed E-state index contributed by atoms with van der Waals surface area (Å²) in [5, 5.41) is 0. The van der Waals surface area contributed by atoms with Crippen LogP contribution in [-0.2, 0) is 6.61 Å². The van der Waals surface area contributed by atoms with Gasteiger partial charge in [0.15, 0.2) is 17.3 Å². The van der Waals surface area contributed by atoms with E-state index >= 15 is 0 Å². The number of aryl methyl sites for hydroxylation is 1. The van der Waals surface area contributed by atoms with E-state index in [1.54, 1.807) is 31.4 Å². The Bertz CT molecular complexity index is 1240. The summed E-state index contributed by atoms with van der Waals surface area (Å²) in [7, 11) is 4.62. The molecule has 0 atom stereocenters. The van der Waals surface area contributed by atoms with Gasteiger partial charge in [0.25, 0.3) is 0 Å². The number of rotatable bonds is 7. The Kier molecular flexibility index (Phi) is 6.27. The molecule has 0 N–H and O–H groups in total. The van der Waals surface area contributed by atoms with Gasteiger partial charge >= 0.3 is 0 Å². The van der Waals surface area contributed by atoms with Crippen LogP contribution in [0.25, 0.3) is 6.08 Å². The van der Waals surface area contributed by atoms with Crippen molar-refractivity contribution in [3.63, 3.8) is 0 Å². The minimum Gasteiger partial charge on any atom is -0.493 e. The third kappa shape index (κ3) is 4.12. The molecule has 0 saturated heterocycles. The highest BCUT2D eigenvalue weighted by molar-refractivity contribution is 6.15. The number of carbonyl (C=O) groups is 1. The predicted molar refractivity (Wildman–Crippen MR) is 126 cm³/mol. The van der Waals surface area contributed by atoms with Crippen molar-refractivity contribution < 1.29 is 28.5 Å². The summed E-state index contributed by atoms with van der Waals surface area (Å²) >= 11 is 0. The lowest BCUT2D eigenvalue weighted by Crippen LogP contribution is -2.00. The van der Waals surface area contributed by atoms with Gasteiger partial charge < -0.3 is 23.7 Å². The number of Topliss-reactive ketones (excluding diaryl/α,β-unsaturated/α-hetero) is 1. The first-order valence-corrected chi connectivity index (χ1v) is 10.5. The van der Waals surface area contributed by atoms with Crippen molar-refractivity contribution in [2.24, 2.45) is 0 Å². The van der Waals surface area contributed by atoms with Crippen LogP contribution in [0.4, 0.5) is 0 Å². The van der Waals surface area contributed by atoms with Gasteiger partial charge in [0.2, 0.25) is 11.5 Å². The topological polar surface area (TPSA) is 63.2 Å². The van der Waals surface area contributed by atoms with E-state index < -0.39 is 0 Å². The van der Waals surface area contributed by atoms with Crippen LogP contribution >= 0.6 is 0 Å². The van der Waals surface area contributed by atoms with E-state index in [0.29, 0.717) is 46.5 Å². The number of benzene rings is 3. The van der Waals surface area contributed by atoms with Crippen LogP contribution < -0.4 is 23.7 Å². The standard InChI is InChI=1S/C27H26O6/c1-16-8-6-7-9-19(16)15-32-21-13-11-20-24(28)23(33-25(20)17(21)2)14-18-10-12-22(29-3)27(31-5)26(18)30-4/h6-14H,15H2,1-5H3/b23-14-. The molecular weight excluding hydrogens is 420 g/mol. The predicted octanol–water partition coefficient (Wildman–Crippen LogP) is 5.52. The van der Waals surface area contributed by atoms with Gasteiger partial charge in [-0.15, -0.1) is 0 Å². The zero-order valence-electron chi connectivity index (χ0n) is 19.4. The van der Waals surface area contributed by atoms with Gasteiger partial charge in [0, 0.05) is 11.1 Å². The number of hydrogen-bond acceptors (Lipinski definition) is 6. The zero-order chi connectivity index (χ0) is 23.5. The molecule has 0 radical (unpaired) electrons. The Morgan fingerprint density at radius 3 is 2.27 bits per heavy atom. The first kappa shape index (κ1) is 22.3. The number of methoxy groups -OCH3 is 3. The molecule has 3 aromatic rings. The van der Waals surface area contributed by atoms with Crippen LogP contribution in [0.2, 0.25) is 0 Å². The highest BCUT2D eigenvalue weighted by Gasteiger charge is 2.31. The molecule has 6 heteroatoms. The molecule has 1 aliphatic heterocycles. The largest absolute Gasteiger partial charge is 0.493 e. The number of fused-ring (bicyclic) bond motifs is 1. The maximum Gasteiger partial charge on any atom is 0.231 e. The molecule has 0 spiro atoms. The van der Waals surface area contributed by atoms with Crippen molar-refractivity contribution in [2.75, 3.05) is 21.3 Å². The van der Waals surface area contributed by atoms with E-state index in [0.717, 1.165) is 16.7 Å². The van der Waals surface area contributed by atoms with E-state index in [1.807, 2.05) is 31.2 Å². The van der Waals surface area contributed by atoms with Gasteiger partial charge in [0.05, 0.1) is 26.9 Å². The first-order chi connectivity index (χ1) is 16.0. The molecule has 0 aliphatic carbocycles. The second-order valence-corrected chi connectivity index (χ2v) is 7.64. The monoisotopic (exact) mass is 446 g/mol. The number of hydrogen-bond donors (Lipinski definition) is 0. The van der Waals surface area contributed by atoms with Crippen LogP contribution in [0, 0.1) is 13.8 Å². The number of ether oxygens (including phenoxy) is 5. The Balaban J connectivity index is 1.63. The average Bonchev–Trinajstić information content (AvgIpc) is 3.15. The van der Waals surface area contributed by atoms with Crippen molar-refractivity contribution in [1.82, 2.24) is 0 Å². The minimum absolute atomic E-state index is 0.199. The molecular formula is C27H26O6. The summed E-state index contributed by atoms with van der Waals surface area (Å²) in [4.78, 5) is 13.0. The van der Waals surface area contributed by atoms with Gasteiger partial charge in [-0.3, -0.25) is 4.79 Å². The Labute approximate surface area is 193 Å². The molecule has 33 heavy (non-hydrogen) atoms. The zero-order valence-corrected chi connectivity index (χ0v) is 19.4. The molecule has 170 valence electrons. The van der Waals surface area contributed by atoms with E-state index in [2.05, 4.69) is 13.0 Å². The van der Waals surface area contributed by atoms with Crippen molar-refractivity contribution in [3.05, 3.63) is 82.1 Å². The lowest BCUT2D eigenvalue weighted by molar-refractivity contribution is 0.101. The fourth-order valence-electron chi connectivity index (χ4n) is 3.83. The number of carbonyl (C=O) groups excluding carboxylic acids is 1. The lowest BCUT2D eigenvalue weighted by atomic mass is 10.0. The second-order valence-electron chi connectivity index (χ2n) is 7.64. The third-order valence-corrected chi connectivity index (χ3v) is 5.70. The molecule has 0 aromatic heterocycles. The lowest BCUT2D eigenvalue weighted by Gasteiger charge is -2.14. The summed E-state index contributed by atoms with van der Waals surface area (Å²) in [6.45, 7) is 4.38. The van der Waals surface area contributed by atoms with Crippen molar-refractivity contribution in [1.29, 1.82) is 0 Å². The average molecular weight is 446 g/mol. The van der Waals surface area contributed by atoms with Crippen molar-refractivity contribution >= 4 is 11.9 Å². The maximum atomic E-state index is 13.0. The van der Waals surface area contributed by atoms with E-state index in [1.165, 1.54) is 14.2 Å². The van der Waals surface area contributed by atoms with Gasteiger partial charge in [0.1, 0.15) is 18.1 Å². The summed E-state index contributed by atoms with van der Waals surface area (Å²) in [5.41, 5.74) is 4.19. The maximum absolute atomic E-state index is 13.0. The number of ketones is 1. The number of allylic oxidation sites excluding steroid dienone is 1. The van der Waals surface area contributed by atoms with Crippen LogP contribution in [0.5, 0.6) is 28.7 Å². The summed E-state index contributed by atoms with van der Waals surface area (Å²) in [6.07, 6.45) is 1.65. The molecule has 0 bridgehead atoms. The van der Waals surface area contributed by atoms with Crippen molar-refractivity contribution in [3.8, 4) is 28.7 Å². The fraction of sp³-hybridized carbons (Fsp3) is 0.222. The molecule has 0 unspecified atom stereocenters. The molecule has 0 fully saturated rings. The smallest absolute Gasteiger partial charge is 0.231 e. The van der Waals surface area contributed by atoms with Crippen LogP contribution in [0.1, 0.15) is 32.6 Å². The molecule has 1 heterocycles. The SMILES string of the molecule is COc1ccc(/C=C2\Oc3c(ccc(OCc4ccccc4C)c3C)C2=O)c(OC)c1OC. The first-order valence-electron chi connectivity index (χ1n) is 10.5. The minimum atomic E-state index is -0.199. The highest BCUT2D eigenvalue weighted by atomic mass is 16.5. The summed E-state index contributed by atoms with van der Waals surface area (Å²) in [6, 6.07) is 15.2. The second kappa shape index (κ2) is 9.28. The summed E-state index contributed by atoms with van der Waals surface area (Å²) < 4.78 is 28.3. The van der Waals surface area contributed by atoms with E-state index in [9.17, 15) is 4.79 Å². The quantitative estimate of drug-likeness (QED) is 0.445. The Morgan fingerprint density at radius 1 is 0.848 bits per heavy atom.